The molecule has 27 heavy (non-hydrogen) atoms. The van der Waals surface area contributed by atoms with Crippen LogP contribution in [0.5, 0.6) is 0 Å². The molecule has 0 saturated heterocycles. The molecule has 5 heteroatoms. The Kier molecular flexibility index (Phi) is 4.92. The molecule has 4 rings (SSSR count). The number of anilines is 1. The number of fused-ring (bicyclic) bond motifs is 1. The maximum absolute atomic E-state index is 6.09. The third-order valence-corrected chi connectivity index (χ3v) is 5.07. The van der Waals surface area contributed by atoms with Gasteiger partial charge < -0.3 is 15.6 Å². The summed E-state index contributed by atoms with van der Waals surface area (Å²) in [6.07, 6.45) is 7.42. The van der Waals surface area contributed by atoms with Crippen molar-refractivity contribution in [3.63, 3.8) is 0 Å². The predicted molar refractivity (Wildman–Crippen MR) is 110 cm³/mol. The number of guanidine groups is 1. The van der Waals surface area contributed by atoms with Gasteiger partial charge in [-0.25, -0.2) is 9.98 Å². The molecule has 0 aliphatic heterocycles. The van der Waals surface area contributed by atoms with Crippen LogP contribution >= 0.6 is 0 Å². The zero-order chi connectivity index (χ0) is 18.6. The summed E-state index contributed by atoms with van der Waals surface area (Å²) in [6, 6.07) is 14.9. The van der Waals surface area contributed by atoms with E-state index in [2.05, 4.69) is 62.3 Å². The number of benzene rings is 2. The van der Waals surface area contributed by atoms with Crippen molar-refractivity contribution < 1.29 is 0 Å². The van der Waals surface area contributed by atoms with Crippen LogP contribution in [0.15, 0.2) is 59.9 Å². The highest BCUT2D eigenvalue weighted by Gasteiger charge is 2.10. The van der Waals surface area contributed by atoms with Gasteiger partial charge in [0.15, 0.2) is 5.96 Å². The van der Waals surface area contributed by atoms with Crippen LogP contribution in [0, 0.1) is 6.92 Å². The highest BCUT2D eigenvalue weighted by molar-refractivity contribution is 5.92. The van der Waals surface area contributed by atoms with Crippen molar-refractivity contribution in [3.8, 4) is 0 Å². The van der Waals surface area contributed by atoms with Gasteiger partial charge in [0.05, 0.1) is 6.54 Å². The monoisotopic (exact) mass is 359 g/mol. The number of nitrogens with zero attached hydrogens (tertiary/aromatic N) is 3. The standard InChI is InChI=1S/C22H25N5/c1-16-24-10-11-27(16)15-18-5-2-4-17(12-18)14-25-22(23)26-21-9-8-19-6-3-7-20(19)13-21/h2,4-5,8-13H,3,6-7,14-15H2,1H3,(H3,23,25,26). The molecule has 1 aliphatic rings. The molecule has 0 radical (unpaired) electrons. The van der Waals surface area contributed by atoms with E-state index in [1.165, 1.54) is 29.5 Å². The van der Waals surface area contributed by atoms with Gasteiger partial charge in [0.1, 0.15) is 5.82 Å². The van der Waals surface area contributed by atoms with Crippen molar-refractivity contribution in [2.45, 2.75) is 39.3 Å². The SMILES string of the molecule is Cc1nccn1Cc1cccc(CN=C(N)Nc2ccc3c(c2)CCC3)c1. The fourth-order valence-corrected chi connectivity index (χ4v) is 3.61. The number of aryl methyl sites for hydroxylation is 3. The molecule has 2 aromatic carbocycles. The summed E-state index contributed by atoms with van der Waals surface area (Å²) < 4.78 is 2.13. The van der Waals surface area contributed by atoms with Crippen LogP contribution in [0.1, 0.15) is 34.5 Å². The van der Waals surface area contributed by atoms with E-state index in [1.54, 1.807) is 0 Å². The lowest BCUT2D eigenvalue weighted by atomic mass is 10.1. The number of hydrogen-bond donors (Lipinski definition) is 2. The van der Waals surface area contributed by atoms with Gasteiger partial charge in [-0.05, 0) is 60.6 Å². The van der Waals surface area contributed by atoms with Gasteiger partial charge in [-0.15, -0.1) is 0 Å². The largest absolute Gasteiger partial charge is 0.370 e. The van der Waals surface area contributed by atoms with Crippen LogP contribution in [0.3, 0.4) is 0 Å². The average molecular weight is 359 g/mol. The first-order valence-corrected chi connectivity index (χ1v) is 9.42. The number of nitrogens with two attached hydrogens (primary N) is 1. The molecule has 0 amide bonds. The minimum absolute atomic E-state index is 0.448. The lowest BCUT2D eigenvalue weighted by molar-refractivity contribution is 0.760. The van der Waals surface area contributed by atoms with E-state index >= 15 is 0 Å². The number of rotatable bonds is 5. The quantitative estimate of drug-likeness (QED) is 0.540. The minimum Gasteiger partial charge on any atom is -0.370 e. The van der Waals surface area contributed by atoms with E-state index in [1.807, 2.05) is 19.3 Å². The number of nitrogens with one attached hydrogen (secondary N) is 1. The first-order chi connectivity index (χ1) is 13.2. The number of imidazole rings is 1. The Morgan fingerprint density at radius 2 is 2.00 bits per heavy atom. The van der Waals surface area contributed by atoms with Gasteiger partial charge in [0.25, 0.3) is 0 Å². The zero-order valence-electron chi connectivity index (χ0n) is 15.7. The molecular weight excluding hydrogens is 334 g/mol. The van der Waals surface area contributed by atoms with Gasteiger partial charge in [-0.3, -0.25) is 0 Å². The molecule has 1 heterocycles. The second kappa shape index (κ2) is 7.66. The van der Waals surface area contributed by atoms with E-state index in [0.717, 1.165) is 30.0 Å². The minimum atomic E-state index is 0.448. The summed E-state index contributed by atoms with van der Waals surface area (Å²) in [5, 5.41) is 3.22. The summed E-state index contributed by atoms with van der Waals surface area (Å²) in [4.78, 5) is 8.78. The van der Waals surface area contributed by atoms with Crippen LogP contribution in [0.4, 0.5) is 5.69 Å². The molecule has 1 aliphatic carbocycles. The van der Waals surface area contributed by atoms with Gasteiger partial charge in [-0.1, -0.05) is 30.3 Å². The van der Waals surface area contributed by atoms with Crippen LogP contribution < -0.4 is 11.1 Å². The van der Waals surface area contributed by atoms with E-state index in [-0.39, 0.29) is 0 Å². The average Bonchev–Trinajstić information content (AvgIpc) is 3.29. The number of aliphatic imine (C=N–C) groups is 1. The molecule has 138 valence electrons. The predicted octanol–water partition coefficient (Wildman–Crippen LogP) is 3.66. The first kappa shape index (κ1) is 17.3. The lowest BCUT2D eigenvalue weighted by Gasteiger charge is -2.09. The summed E-state index contributed by atoms with van der Waals surface area (Å²) >= 11 is 0. The highest BCUT2D eigenvalue weighted by atomic mass is 15.1. The Bertz CT molecular complexity index is 970. The van der Waals surface area contributed by atoms with Gasteiger partial charge in [-0.2, -0.15) is 0 Å². The van der Waals surface area contributed by atoms with Crippen molar-refractivity contribution in [1.29, 1.82) is 0 Å². The van der Waals surface area contributed by atoms with Crippen molar-refractivity contribution >= 4 is 11.6 Å². The Morgan fingerprint density at radius 1 is 1.15 bits per heavy atom. The summed E-state index contributed by atoms with van der Waals surface area (Å²) in [5.41, 5.74) is 12.4. The summed E-state index contributed by atoms with van der Waals surface area (Å²) in [5.74, 6) is 1.46. The smallest absolute Gasteiger partial charge is 0.193 e. The maximum Gasteiger partial charge on any atom is 0.193 e. The van der Waals surface area contributed by atoms with E-state index < -0.39 is 0 Å². The summed E-state index contributed by atoms with van der Waals surface area (Å²) in [6.45, 7) is 3.38. The number of aromatic nitrogens is 2. The molecule has 0 unspecified atom stereocenters. The normalized spacial score (nSPS) is 13.6. The van der Waals surface area contributed by atoms with Gasteiger partial charge >= 0.3 is 0 Å². The van der Waals surface area contributed by atoms with Crippen molar-refractivity contribution in [2.24, 2.45) is 10.7 Å². The first-order valence-electron chi connectivity index (χ1n) is 9.42. The molecule has 3 aromatic rings. The van der Waals surface area contributed by atoms with Crippen molar-refractivity contribution in [2.75, 3.05) is 5.32 Å². The van der Waals surface area contributed by atoms with E-state index in [9.17, 15) is 0 Å². The highest BCUT2D eigenvalue weighted by Crippen LogP contribution is 2.24. The molecule has 0 atom stereocenters. The van der Waals surface area contributed by atoms with Gasteiger partial charge in [0.2, 0.25) is 0 Å². The lowest BCUT2D eigenvalue weighted by Crippen LogP contribution is -2.22. The van der Waals surface area contributed by atoms with Crippen molar-refractivity contribution in [1.82, 2.24) is 9.55 Å². The second-order valence-corrected chi connectivity index (χ2v) is 7.09. The Morgan fingerprint density at radius 3 is 2.85 bits per heavy atom. The third-order valence-electron chi connectivity index (χ3n) is 5.07. The third kappa shape index (κ3) is 4.19. The van der Waals surface area contributed by atoms with Crippen LogP contribution in [0.2, 0.25) is 0 Å². The second-order valence-electron chi connectivity index (χ2n) is 7.09. The van der Waals surface area contributed by atoms with Gasteiger partial charge in [0, 0.05) is 24.6 Å². The molecule has 3 N–H and O–H groups in total. The summed E-state index contributed by atoms with van der Waals surface area (Å²) in [7, 11) is 0. The molecule has 0 fully saturated rings. The maximum atomic E-state index is 6.09. The Balaban J connectivity index is 1.40. The number of hydrogen-bond acceptors (Lipinski definition) is 2. The zero-order valence-corrected chi connectivity index (χ0v) is 15.7. The fraction of sp³-hybridized carbons (Fsp3) is 0.273. The van der Waals surface area contributed by atoms with Crippen molar-refractivity contribution in [3.05, 3.63) is 82.9 Å². The van der Waals surface area contributed by atoms with Crippen LogP contribution in [-0.4, -0.2) is 15.5 Å². The molecule has 0 bridgehead atoms. The molecule has 1 aromatic heterocycles. The van der Waals surface area contributed by atoms with E-state index in [0.29, 0.717) is 12.5 Å². The Hall–Kier alpha value is -3.08. The molecule has 0 saturated carbocycles. The van der Waals surface area contributed by atoms with Crippen LogP contribution in [0.25, 0.3) is 0 Å². The fourth-order valence-electron chi connectivity index (χ4n) is 3.61. The molecule has 0 spiro atoms. The van der Waals surface area contributed by atoms with Crippen LogP contribution in [-0.2, 0) is 25.9 Å². The molecular formula is C22H25N5. The van der Waals surface area contributed by atoms with E-state index in [4.69, 9.17) is 5.73 Å². The molecule has 5 nitrogen and oxygen atoms in total. The Labute approximate surface area is 160 Å². The topological polar surface area (TPSA) is 68.2 Å².